The lowest BCUT2D eigenvalue weighted by atomic mass is 10.3. The number of rotatable bonds is 7. The van der Waals surface area contributed by atoms with E-state index in [1.54, 1.807) is 0 Å². The molecule has 7 nitrogen and oxygen atoms in total. The Labute approximate surface area is 137 Å². The summed E-state index contributed by atoms with van der Waals surface area (Å²) in [5.74, 6) is 0.448. The number of thioether (sulfide) groups is 1. The molecular weight excluding hydrogens is 316 g/mol. The number of urea groups is 1. The Bertz CT molecular complexity index is 714. The first kappa shape index (κ1) is 16.9. The van der Waals surface area contributed by atoms with Crippen LogP contribution in [0, 0.1) is 0 Å². The molecule has 3 amide bonds. The highest BCUT2D eigenvalue weighted by Gasteiger charge is 2.10. The van der Waals surface area contributed by atoms with Crippen LogP contribution in [-0.2, 0) is 4.79 Å². The maximum Gasteiger partial charge on any atom is 0.321 e. The minimum absolute atomic E-state index is 0.0830. The highest BCUT2D eigenvalue weighted by molar-refractivity contribution is 7.99. The molecule has 1 aromatic heterocycles. The van der Waals surface area contributed by atoms with E-state index in [0.717, 1.165) is 16.8 Å². The van der Waals surface area contributed by atoms with Gasteiger partial charge in [-0.2, -0.15) is 0 Å². The summed E-state index contributed by atoms with van der Waals surface area (Å²) in [5.41, 5.74) is 1.63. The van der Waals surface area contributed by atoms with E-state index in [9.17, 15) is 9.59 Å². The molecular formula is C15H18N4O3S. The first-order valence-corrected chi connectivity index (χ1v) is 8.05. The lowest BCUT2D eigenvalue weighted by Gasteiger charge is -2.03. The van der Waals surface area contributed by atoms with Gasteiger partial charge in [0.05, 0.1) is 23.4 Å². The van der Waals surface area contributed by atoms with Crippen LogP contribution in [0.3, 0.4) is 0 Å². The average molecular weight is 334 g/mol. The van der Waals surface area contributed by atoms with Crippen molar-refractivity contribution in [2.75, 3.05) is 18.9 Å². The highest BCUT2D eigenvalue weighted by Crippen LogP contribution is 2.23. The summed E-state index contributed by atoms with van der Waals surface area (Å²) < 4.78 is 5.43. The fourth-order valence-electron chi connectivity index (χ4n) is 1.80. The molecule has 8 heteroatoms. The van der Waals surface area contributed by atoms with Crippen molar-refractivity contribution in [1.29, 1.82) is 0 Å². The summed E-state index contributed by atoms with van der Waals surface area (Å²) in [6, 6.07) is 5.02. The molecule has 0 unspecified atom stereocenters. The van der Waals surface area contributed by atoms with Crippen molar-refractivity contribution >= 4 is 34.7 Å². The Balaban J connectivity index is 1.90. The topological polar surface area (TPSA) is 96.1 Å². The van der Waals surface area contributed by atoms with Crippen molar-refractivity contribution in [2.24, 2.45) is 0 Å². The normalized spacial score (nSPS) is 10.3. The van der Waals surface area contributed by atoms with Gasteiger partial charge in [-0.25, -0.2) is 9.78 Å². The molecule has 0 fully saturated rings. The lowest BCUT2D eigenvalue weighted by molar-refractivity contribution is -0.117. The largest absolute Gasteiger partial charge is 0.494 e. The van der Waals surface area contributed by atoms with E-state index in [-0.39, 0.29) is 5.75 Å². The molecule has 0 aliphatic heterocycles. The Morgan fingerprint density at radius 3 is 3.04 bits per heavy atom. The third kappa shape index (κ3) is 5.03. The number of aromatic nitrogens is 2. The second kappa shape index (κ2) is 8.23. The van der Waals surface area contributed by atoms with E-state index in [4.69, 9.17) is 4.74 Å². The zero-order chi connectivity index (χ0) is 16.7. The van der Waals surface area contributed by atoms with Crippen molar-refractivity contribution < 1.29 is 14.3 Å². The molecule has 122 valence electrons. The van der Waals surface area contributed by atoms with Gasteiger partial charge in [0.1, 0.15) is 5.75 Å². The predicted octanol–water partition coefficient (Wildman–Crippen LogP) is 2.07. The van der Waals surface area contributed by atoms with E-state index in [1.807, 2.05) is 25.1 Å². The van der Waals surface area contributed by atoms with Gasteiger partial charge in [0.15, 0.2) is 5.16 Å². The van der Waals surface area contributed by atoms with E-state index in [1.165, 1.54) is 17.8 Å². The molecule has 0 aliphatic carbocycles. The Kier molecular flexibility index (Phi) is 6.04. The van der Waals surface area contributed by atoms with E-state index >= 15 is 0 Å². The van der Waals surface area contributed by atoms with Crippen LogP contribution in [0.15, 0.2) is 36.0 Å². The van der Waals surface area contributed by atoms with Crippen LogP contribution in [-0.4, -0.2) is 40.8 Å². The third-order valence-corrected chi connectivity index (χ3v) is 3.62. The average Bonchev–Trinajstić information content (AvgIpc) is 2.93. The fraction of sp³-hybridized carbons (Fsp3) is 0.267. The number of ether oxygens (including phenoxy) is 1. The van der Waals surface area contributed by atoms with Crippen molar-refractivity contribution in [3.8, 4) is 5.75 Å². The zero-order valence-corrected chi connectivity index (χ0v) is 13.5. The Hall–Kier alpha value is -2.48. The summed E-state index contributed by atoms with van der Waals surface area (Å²) in [7, 11) is 0. The molecule has 0 aliphatic rings. The van der Waals surface area contributed by atoms with Gasteiger partial charge in [-0.1, -0.05) is 17.8 Å². The zero-order valence-electron chi connectivity index (χ0n) is 12.7. The number of benzene rings is 1. The van der Waals surface area contributed by atoms with Gasteiger partial charge in [0.25, 0.3) is 0 Å². The van der Waals surface area contributed by atoms with Gasteiger partial charge >= 0.3 is 6.03 Å². The van der Waals surface area contributed by atoms with Crippen molar-refractivity contribution in [3.05, 3.63) is 30.9 Å². The monoisotopic (exact) mass is 334 g/mol. The van der Waals surface area contributed by atoms with Gasteiger partial charge in [-0.3, -0.25) is 10.1 Å². The Morgan fingerprint density at radius 1 is 1.48 bits per heavy atom. The van der Waals surface area contributed by atoms with E-state index in [2.05, 4.69) is 27.2 Å². The van der Waals surface area contributed by atoms with Crippen LogP contribution in [0.4, 0.5) is 4.79 Å². The smallest absolute Gasteiger partial charge is 0.321 e. The molecule has 0 saturated heterocycles. The van der Waals surface area contributed by atoms with Crippen LogP contribution in [0.5, 0.6) is 5.75 Å². The minimum Gasteiger partial charge on any atom is -0.494 e. The lowest BCUT2D eigenvalue weighted by Crippen LogP contribution is -2.40. The number of hydrogen-bond acceptors (Lipinski definition) is 5. The number of carbonyl (C=O) groups is 2. The second-order valence-electron chi connectivity index (χ2n) is 4.49. The number of fused-ring (bicyclic) bond motifs is 1. The van der Waals surface area contributed by atoms with Crippen molar-refractivity contribution in [2.45, 2.75) is 12.1 Å². The van der Waals surface area contributed by atoms with Gasteiger partial charge in [0, 0.05) is 12.6 Å². The summed E-state index contributed by atoms with van der Waals surface area (Å²) in [5, 5.41) is 5.30. The maximum absolute atomic E-state index is 11.7. The predicted molar refractivity (Wildman–Crippen MR) is 89.7 cm³/mol. The van der Waals surface area contributed by atoms with Gasteiger partial charge in [-0.15, -0.1) is 6.58 Å². The van der Waals surface area contributed by atoms with Gasteiger partial charge < -0.3 is 15.0 Å². The third-order valence-electron chi connectivity index (χ3n) is 2.74. The molecule has 3 N–H and O–H groups in total. The molecule has 0 bridgehead atoms. The van der Waals surface area contributed by atoms with Crippen LogP contribution >= 0.6 is 11.8 Å². The number of aromatic amines is 1. The summed E-state index contributed by atoms with van der Waals surface area (Å²) in [6.07, 6.45) is 1.53. The van der Waals surface area contributed by atoms with Crippen molar-refractivity contribution in [1.82, 2.24) is 20.6 Å². The number of nitrogens with zero attached hydrogens (tertiary/aromatic N) is 1. The first-order chi connectivity index (χ1) is 11.1. The number of nitrogens with one attached hydrogen (secondary N) is 3. The van der Waals surface area contributed by atoms with Crippen LogP contribution in [0.25, 0.3) is 11.0 Å². The molecule has 1 aromatic carbocycles. The van der Waals surface area contributed by atoms with Crippen LogP contribution < -0.4 is 15.4 Å². The number of imidazole rings is 1. The second-order valence-corrected chi connectivity index (χ2v) is 5.45. The number of H-pyrrole nitrogens is 1. The number of amides is 3. The summed E-state index contributed by atoms with van der Waals surface area (Å²) in [4.78, 5) is 30.5. The number of carbonyl (C=O) groups excluding carboxylic acids is 2. The van der Waals surface area contributed by atoms with Gasteiger partial charge in [-0.05, 0) is 19.1 Å². The maximum atomic E-state index is 11.7. The van der Waals surface area contributed by atoms with Gasteiger partial charge in [0.2, 0.25) is 5.91 Å². The highest BCUT2D eigenvalue weighted by atomic mass is 32.2. The molecule has 0 radical (unpaired) electrons. The molecule has 0 atom stereocenters. The summed E-state index contributed by atoms with van der Waals surface area (Å²) >= 11 is 1.22. The number of hydrogen-bond donors (Lipinski definition) is 3. The minimum atomic E-state index is -0.540. The van der Waals surface area contributed by atoms with E-state index in [0.29, 0.717) is 18.3 Å². The van der Waals surface area contributed by atoms with Crippen LogP contribution in [0.1, 0.15) is 6.92 Å². The standard InChI is InChI=1S/C15H18N4O3S/c1-3-7-16-14(21)19-13(20)9-23-15-17-11-6-5-10(22-4-2)8-12(11)18-15/h3,5-6,8H,1,4,7,9H2,2H3,(H,17,18)(H2,16,19,20,21). The molecule has 2 rings (SSSR count). The molecule has 0 saturated carbocycles. The Morgan fingerprint density at radius 2 is 2.30 bits per heavy atom. The van der Waals surface area contributed by atoms with E-state index < -0.39 is 11.9 Å². The number of imide groups is 1. The molecule has 1 heterocycles. The SMILES string of the molecule is C=CCNC(=O)NC(=O)CSc1nc2ccc(OCC)cc2[nH]1. The van der Waals surface area contributed by atoms with Crippen LogP contribution in [0.2, 0.25) is 0 Å². The quantitative estimate of drug-likeness (QED) is 0.532. The summed E-state index contributed by atoms with van der Waals surface area (Å²) in [6.45, 7) is 6.29. The first-order valence-electron chi connectivity index (χ1n) is 7.06. The fourth-order valence-corrected chi connectivity index (χ4v) is 2.48. The molecule has 23 heavy (non-hydrogen) atoms. The molecule has 2 aromatic rings. The molecule has 0 spiro atoms. The van der Waals surface area contributed by atoms with Crippen molar-refractivity contribution in [3.63, 3.8) is 0 Å².